The number of fused-ring (bicyclic) bond motifs is 1. The van der Waals surface area contributed by atoms with Gasteiger partial charge in [-0.2, -0.15) is 4.68 Å². The van der Waals surface area contributed by atoms with Crippen LogP contribution < -0.4 is 21.5 Å². The molecule has 0 spiro atoms. The molecule has 3 amide bonds. The Bertz CT molecular complexity index is 1160. The zero-order valence-corrected chi connectivity index (χ0v) is 21.7. The van der Waals surface area contributed by atoms with Crippen LogP contribution in [0, 0.1) is 0 Å². The smallest absolute Gasteiger partial charge is 0.407 e. The van der Waals surface area contributed by atoms with Gasteiger partial charge >= 0.3 is 6.09 Å². The van der Waals surface area contributed by atoms with Crippen molar-refractivity contribution in [3.8, 4) is 0 Å². The van der Waals surface area contributed by atoms with Gasteiger partial charge in [0.05, 0.1) is 5.39 Å². The molecule has 1 unspecified atom stereocenters. The Kier molecular flexibility index (Phi) is 9.95. The maximum atomic E-state index is 13.2. The lowest BCUT2D eigenvalue weighted by molar-refractivity contribution is -0.136. The average Bonchev–Trinajstić information content (AvgIpc) is 2.82. The predicted octanol–water partition coefficient (Wildman–Crippen LogP) is 2.28. The Morgan fingerprint density at radius 3 is 2.65 bits per heavy atom. The first-order chi connectivity index (χ1) is 17.7. The maximum Gasteiger partial charge on any atom is 0.407 e. The number of imide groups is 1. The fraction of sp³-hybridized carbons (Fsp3) is 0.600. The summed E-state index contributed by atoms with van der Waals surface area (Å²) < 4.78 is 11.9. The number of anilines is 1. The van der Waals surface area contributed by atoms with Crippen LogP contribution in [-0.4, -0.2) is 64.8 Å². The van der Waals surface area contributed by atoms with E-state index in [2.05, 4.69) is 26.3 Å². The van der Waals surface area contributed by atoms with Gasteiger partial charge in [0.1, 0.15) is 17.2 Å². The molecule has 12 heteroatoms. The standard InChI is InChI=1S/C25H36N6O6/c1-25(2,3)37-24(35)27-14-8-16-36-15-6-4-5-13-26-17-9-7-10-18-21(17)23(34)31(30-29-18)19-11-12-20(32)28-22(19)33/h7,9-10,19,26H,4-6,8,11-16H2,1-3H3,(H,27,35)(H,28,32,33). The van der Waals surface area contributed by atoms with Crippen LogP contribution in [0.15, 0.2) is 23.0 Å². The minimum atomic E-state index is -0.858. The number of ether oxygens (including phenoxy) is 2. The second-order valence-corrected chi connectivity index (χ2v) is 9.89. The molecule has 1 saturated heterocycles. The van der Waals surface area contributed by atoms with E-state index in [0.29, 0.717) is 49.3 Å². The largest absolute Gasteiger partial charge is 0.444 e. The topological polar surface area (TPSA) is 154 Å². The van der Waals surface area contributed by atoms with Crippen LogP contribution in [0.3, 0.4) is 0 Å². The van der Waals surface area contributed by atoms with Crippen LogP contribution in [0.1, 0.15) is 65.3 Å². The van der Waals surface area contributed by atoms with Crippen molar-refractivity contribution in [3.63, 3.8) is 0 Å². The number of alkyl carbamates (subject to hydrolysis) is 1. The maximum absolute atomic E-state index is 13.2. The highest BCUT2D eigenvalue weighted by Gasteiger charge is 2.30. The number of hydrogen-bond donors (Lipinski definition) is 3. The molecule has 3 N–H and O–H groups in total. The van der Waals surface area contributed by atoms with Crippen LogP contribution in [0.2, 0.25) is 0 Å². The quantitative estimate of drug-likeness (QED) is 0.285. The summed E-state index contributed by atoms with van der Waals surface area (Å²) in [5.74, 6) is -0.898. The van der Waals surface area contributed by atoms with E-state index in [1.165, 1.54) is 0 Å². The SMILES string of the molecule is CC(C)(C)OC(=O)NCCCOCCCCCNc1cccc2nnn(C3CCC(=O)NC3=O)c(=O)c12. The van der Waals surface area contributed by atoms with Crippen LogP contribution in [-0.2, 0) is 19.1 Å². The second kappa shape index (κ2) is 13.1. The minimum Gasteiger partial charge on any atom is -0.444 e. The molecule has 2 heterocycles. The fourth-order valence-corrected chi connectivity index (χ4v) is 3.88. The molecule has 0 radical (unpaired) electrons. The number of nitrogens with one attached hydrogen (secondary N) is 3. The molecule has 3 rings (SSSR count). The van der Waals surface area contributed by atoms with Crippen molar-refractivity contribution < 1.29 is 23.9 Å². The summed E-state index contributed by atoms with van der Waals surface area (Å²) in [5, 5.41) is 16.7. The van der Waals surface area contributed by atoms with E-state index >= 15 is 0 Å². The first kappa shape index (κ1) is 28.0. The summed E-state index contributed by atoms with van der Waals surface area (Å²) in [6.45, 7) is 7.81. The van der Waals surface area contributed by atoms with Crippen molar-refractivity contribution in [3.05, 3.63) is 28.6 Å². The predicted molar refractivity (Wildman–Crippen MR) is 137 cm³/mol. The van der Waals surface area contributed by atoms with Crippen molar-refractivity contribution in [1.29, 1.82) is 0 Å². The van der Waals surface area contributed by atoms with E-state index in [4.69, 9.17) is 9.47 Å². The zero-order valence-electron chi connectivity index (χ0n) is 21.7. The van der Waals surface area contributed by atoms with Crippen molar-refractivity contribution in [2.24, 2.45) is 0 Å². The summed E-state index contributed by atoms with van der Waals surface area (Å²) in [4.78, 5) is 48.4. The lowest BCUT2D eigenvalue weighted by Crippen LogP contribution is -2.45. The highest BCUT2D eigenvalue weighted by Crippen LogP contribution is 2.21. The van der Waals surface area contributed by atoms with Gasteiger partial charge in [-0.05, 0) is 65.0 Å². The Labute approximate surface area is 215 Å². The summed E-state index contributed by atoms with van der Waals surface area (Å²) in [6.07, 6.45) is 3.35. The number of benzene rings is 1. The van der Waals surface area contributed by atoms with Crippen LogP contribution >= 0.6 is 0 Å². The normalized spacial score (nSPS) is 15.9. The number of amides is 3. The average molecular weight is 517 g/mol. The monoisotopic (exact) mass is 516 g/mol. The van der Waals surface area contributed by atoms with E-state index in [-0.39, 0.29) is 18.7 Å². The summed E-state index contributed by atoms with van der Waals surface area (Å²) >= 11 is 0. The van der Waals surface area contributed by atoms with Crippen LogP contribution in [0.25, 0.3) is 10.9 Å². The number of piperidine rings is 1. The third-order valence-corrected chi connectivity index (χ3v) is 5.63. The lowest BCUT2D eigenvalue weighted by Gasteiger charge is -2.21. The number of carbonyl (C=O) groups excluding carboxylic acids is 3. The fourth-order valence-electron chi connectivity index (χ4n) is 3.88. The summed E-state index contributed by atoms with van der Waals surface area (Å²) in [7, 11) is 0. The molecular formula is C25H36N6O6. The van der Waals surface area contributed by atoms with Gasteiger partial charge in [0.25, 0.3) is 11.5 Å². The van der Waals surface area contributed by atoms with Gasteiger partial charge in [0.2, 0.25) is 5.91 Å². The molecule has 0 saturated carbocycles. The number of hydrogen-bond acceptors (Lipinski definition) is 9. The van der Waals surface area contributed by atoms with Crippen LogP contribution in [0.4, 0.5) is 10.5 Å². The number of unbranched alkanes of at least 4 members (excludes halogenated alkanes) is 2. The molecule has 2 aromatic rings. The van der Waals surface area contributed by atoms with Crippen molar-refractivity contribution in [2.45, 2.75) is 70.9 Å². The van der Waals surface area contributed by atoms with Crippen molar-refractivity contribution in [1.82, 2.24) is 25.6 Å². The van der Waals surface area contributed by atoms with Gasteiger partial charge in [-0.25, -0.2) is 4.79 Å². The molecule has 12 nitrogen and oxygen atoms in total. The van der Waals surface area contributed by atoms with E-state index in [0.717, 1.165) is 23.9 Å². The highest BCUT2D eigenvalue weighted by atomic mass is 16.6. The van der Waals surface area contributed by atoms with Gasteiger partial charge in [-0.1, -0.05) is 11.3 Å². The zero-order chi connectivity index (χ0) is 26.8. The third-order valence-electron chi connectivity index (χ3n) is 5.63. The Balaban J connectivity index is 1.39. The molecule has 1 aromatic heterocycles. The number of aromatic nitrogens is 3. The molecule has 1 aliphatic rings. The number of carbonyl (C=O) groups is 3. The van der Waals surface area contributed by atoms with Gasteiger partial charge < -0.3 is 20.1 Å². The molecule has 1 aliphatic heterocycles. The van der Waals surface area contributed by atoms with Crippen molar-refractivity contribution in [2.75, 3.05) is 31.6 Å². The van der Waals surface area contributed by atoms with E-state index in [1.807, 2.05) is 20.8 Å². The van der Waals surface area contributed by atoms with Crippen molar-refractivity contribution >= 4 is 34.5 Å². The number of rotatable bonds is 12. The number of nitrogens with zero attached hydrogens (tertiary/aromatic N) is 3. The highest BCUT2D eigenvalue weighted by molar-refractivity contribution is 5.99. The molecule has 37 heavy (non-hydrogen) atoms. The minimum absolute atomic E-state index is 0.148. The Morgan fingerprint density at radius 1 is 1.11 bits per heavy atom. The first-order valence-electron chi connectivity index (χ1n) is 12.7. The van der Waals surface area contributed by atoms with E-state index in [1.54, 1.807) is 18.2 Å². The lowest BCUT2D eigenvalue weighted by atomic mass is 10.1. The van der Waals surface area contributed by atoms with Gasteiger partial charge in [-0.15, -0.1) is 5.10 Å². The molecule has 1 aromatic carbocycles. The summed E-state index contributed by atoms with van der Waals surface area (Å²) in [5.41, 5.74) is 0.143. The third kappa shape index (κ3) is 8.52. The van der Waals surface area contributed by atoms with Gasteiger partial charge in [-0.3, -0.25) is 19.7 Å². The molecule has 1 atom stereocenters. The van der Waals surface area contributed by atoms with Crippen LogP contribution in [0.5, 0.6) is 0 Å². The first-order valence-corrected chi connectivity index (χ1v) is 12.7. The second-order valence-electron chi connectivity index (χ2n) is 9.89. The van der Waals surface area contributed by atoms with E-state index in [9.17, 15) is 19.2 Å². The van der Waals surface area contributed by atoms with Gasteiger partial charge in [0.15, 0.2) is 0 Å². The Hall–Kier alpha value is -3.54. The molecule has 202 valence electrons. The molecule has 1 fully saturated rings. The summed E-state index contributed by atoms with van der Waals surface area (Å²) in [6, 6.07) is 4.43. The molecule has 0 aliphatic carbocycles. The molecule has 0 bridgehead atoms. The van der Waals surface area contributed by atoms with E-state index < -0.39 is 29.2 Å². The Morgan fingerprint density at radius 2 is 1.89 bits per heavy atom. The van der Waals surface area contributed by atoms with Gasteiger partial charge in [0, 0.05) is 38.4 Å². The molecular weight excluding hydrogens is 480 g/mol.